The predicted octanol–water partition coefficient (Wildman–Crippen LogP) is 4.09. The quantitative estimate of drug-likeness (QED) is 0.802. The smallest absolute Gasteiger partial charge is 0.0998 e. The van der Waals surface area contributed by atoms with Gasteiger partial charge in [0, 0.05) is 29.5 Å². The van der Waals surface area contributed by atoms with Crippen molar-refractivity contribution in [3.8, 4) is 6.07 Å². The van der Waals surface area contributed by atoms with Crippen molar-refractivity contribution in [3.05, 3.63) is 42.0 Å². The predicted molar refractivity (Wildman–Crippen MR) is 79.3 cm³/mol. The minimum atomic E-state index is 0.649. The summed E-state index contributed by atoms with van der Waals surface area (Å²) in [5, 5.41) is 11.5. The van der Waals surface area contributed by atoms with Crippen LogP contribution in [-0.2, 0) is 0 Å². The minimum Gasteiger partial charge on any atom is -0.371 e. The van der Waals surface area contributed by atoms with Crippen LogP contribution in [-0.4, -0.2) is 13.1 Å². The van der Waals surface area contributed by atoms with Crippen LogP contribution < -0.4 is 4.90 Å². The third-order valence-corrected chi connectivity index (χ3v) is 4.27. The number of fused-ring (bicyclic) bond motifs is 1. The maximum Gasteiger partial charge on any atom is 0.0998 e. The van der Waals surface area contributed by atoms with E-state index in [2.05, 4.69) is 36.2 Å². The van der Waals surface area contributed by atoms with Gasteiger partial charge < -0.3 is 4.90 Å². The molecular weight excluding hydrogens is 232 g/mol. The molecule has 19 heavy (non-hydrogen) atoms. The van der Waals surface area contributed by atoms with Crippen LogP contribution in [0.5, 0.6) is 0 Å². The van der Waals surface area contributed by atoms with E-state index in [0.717, 1.165) is 10.9 Å². The van der Waals surface area contributed by atoms with Crippen molar-refractivity contribution in [2.45, 2.75) is 31.7 Å². The normalized spacial score (nSPS) is 15.6. The second-order valence-electron chi connectivity index (χ2n) is 5.34. The third kappa shape index (κ3) is 2.06. The van der Waals surface area contributed by atoms with Gasteiger partial charge in [-0.25, -0.2) is 0 Å². The molecule has 0 aliphatic heterocycles. The fraction of sp³-hybridized carbons (Fsp3) is 0.353. The summed E-state index contributed by atoms with van der Waals surface area (Å²) in [6, 6.07) is 15.2. The van der Waals surface area contributed by atoms with Crippen LogP contribution in [0.15, 0.2) is 36.4 Å². The van der Waals surface area contributed by atoms with Crippen LogP contribution >= 0.6 is 0 Å². The van der Waals surface area contributed by atoms with Gasteiger partial charge in [-0.3, -0.25) is 0 Å². The summed E-state index contributed by atoms with van der Waals surface area (Å²) in [5.41, 5.74) is 2.01. The van der Waals surface area contributed by atoms with Crippen molar-refractivity contribution in [2.75, 3.05) is 11.9 Å². The zero-order chi connectivity index (χ0) is 13.2. The molecule has 1 aliphatic rings. The maximum atomic E-state index is 9.21. The molecule has 0 aromatic heterocycles. The van der Waals surface area contributed by atoms with E-state index in [9.17, 15) is 5.26 Å². The van der Waals surface area contributed by atoms with Crippen molar-refractivity contribution in [1.29, 1.82) is 5.26 Å². The second-order valence-corrected chi connectivity index (χ2v) is 5.34. The summed E-state index contributed by atoms with van der Waals surface area (Å²) in [4.78, 5) is 2.40. The molecule has 2 aromatic carbocycles. The molecule has 2 aromatic rings. The molecule has 0 saturated heterocycles. The van der Waals surface area contributed by atoms with Crippen LogP contribution in [0, 0.1) is 11.3 Å². The molecule has 1 aliphatic carbocycles. The summed E-state index contributed by atoms with van der Waals surface area (Å²) in [6.07, 6.45) is 5.24. The van der Waals surface area contributed by atoms with E-state index in [1.807, 2.05) is 18.2 Å². The van der Waals surface area contributed by atoms with Gasteiger partial charge in [-0.15, -0.1) is 0 Å². The molecule has 2 nitrogen and oxygen atoms in total. The number of nitrogens with zero attached hydrogens (tertiary/aromatic N) is 2. The third-order valence-electron chi connectivity index (χ3n) is 4.27. The van der Waals surface area contributed by atoms with Gasteiger partial charge in [0.25, 0.3) is 0 Å². The maximum absolute atomic E-state index is 9.21. The molecule has 96 valence electrons. The van der Waals surface area contributed by atoms with Gasteiger partial charge in [0.15, 0.2) is 0 Å². The van der Waals surface area contributed by atoms with E-state index in [-0.39, 0.29) is 0 Å². The average Bonchev–Trinajstić information content (AvgIpc) is 2.99. The Morgan fingerprint density at radius 3 is 2.42 bits per heavy atom. The number of nitriles is 1. The Morgan fingerprint density at radius 2 is 1.74 bits per heavy atom. The molecule has 1 fully saturated rings. The fourth-order valence-electron chi connectivity index (χ4n) is 3.18. The monoisotopic (exact) mass is 250 g/mol. The van der Waals surface area contributed by atoms with Crippen LogP contribution in [0.4, 0.5) is 5.69 Å². The molecule has 0 radical (unpaired) electrons. The molecule has 0 heterocycles. The lowest BCUT2D eigenvalue weighted by Gasteiger charge is -2.28. The van der Waals surface area contributed by atoms with Crippen molar-refractivity contribution < 1.29 is 0 Å². The highest BCUT2D eigenvalue weighted by atomic mass is 15.1. The summed E-state index contributed by atoms with van der Waals surface area (Å²) >= 11 is 0. The zero-order valence-corrected chi connectivity index (χ0v) is 11.3. The second kappa shape index (κ2) is 4.93. The summed E-state index contributed by atoms with van der Waals surface area (Å²) < 4.78 is 0. The molecule has 0 unspecified atom stereocenters. The van der Waals surface area contributed by atoms with Gasteiger partial charge in [-0.2, -0.15) is 5.26 Å². The van der Waals surface area contributed by atoms with E-state index in [4.69, 9.17) is 0 Å². The first kappa shape index (κ1) is 12.0. The Morgan fingerprint density at radius 1 is 1.05 bits per heavy atom. The zero-order valence-electron chi connectivity index (χ0n) is 11.3. The highest BCUT2D eigenvalue weighted by molar-refractivity contribution is 5.97. The number of benzene rings is 2. The Bertz CT molecular complexity index is 633. The largest absolute Gasteiger partial charge is 0.371 e. The lowest BCUT2D eigenvalue weighted by atomic mass is 10.0. The van der Waals surface area contributed by atoms with Gasteiger partial charge in [0.05, 0.1) is 11.6 Å². The highest BCUT2D eigenvalue weighted by Gasteiger charge is 2.21. The SMILES string of the molecule is CN(c1ccc(C#N)c2ccccc12)C1CCCC1. The molecular formula is C17H18N2. The summed E-state index contributed by atoms with van der Waals surface area (Å²) in [6.45, 7) is 0. The Labute approximate surface area is 114 Å². The Kier molecular flexibility index (Phi) is 3.13. The lowest BCUT2D eigenvalue weighted by molar-refractivity contribution is 0.655. The van der Waals surface area contributed by atoms with Crippen molar-refractivity contribution in [1.82, 2.24) is 0 Å². The van der Waals surface area contributed by atoms with Gasteiger partial charge >= 0.3 is 0 Å². The van der Waals surface area contributed by atoms with Gasteiger partial charge in [0.1, 0.15) is 0 Å². The number of anilines is 1. The van der Waals surface area contributed by atoms with E-state index < -0.39 is 0 Å². The molecule has 0 N–H and O–H groups in total. The van der Waals surface area contributed by atoms with E-state index in [1.54, 1.807) is 0 Å². The first-order valence-corrected chi connectivity index (χ1v) is 6.96. The van der Waals surface area contributed by atoms with E-state index >= 15 is 0 Å². The van der Waals surface area contributed by atoms with E-state index in [0.29, 0.717) is 6.04 Å². The van der Waals surface area contributed by atoms with Crippen molar-refractivity contribution >= 4 is 16.5 Å². The topological polar surface area (TPSA) is 27.0 Å². The standard InChI is InChI=1S/C17H18N2/c1-19(14-6-2-3-7-14)17-11-10-13(12-18)15-8-4-5-9-16(15)17/h4-5,8-11,14H,2-3,6-7H2,1H3. The van der Waals surface area contributed by atoms with Crippen LogP contribution in [0.3, 0.4) is 0 Å². The number of hydrogen-bond acceptors (Lipinski definition) is 2. The fourth-order valence-corrected chi connectivity index (χ4v) is 3.18. The minimum absolute atomic E-state index is 0.649. The molecule has 0 spiro atoms. The number of rotatable bonds is 2. The van der Waals surface area contributed by atoms with Crippen LogP contribution in [0.1, 0.15) is 31.2 Å². The van der Waals surface area contributed by atoms with E-state index in [1.165, 1.54) is 36.8 Å². The molecule has 2 heteroatoms. The lowest BCUT2D eigenvalue weighted by Crippen LogP contribution is -2.28. The molecule has 0 atom stereocenters. The molecule has 3 rings (SSSR count). The average molecular weight is 250 g/mol. The molecule has 1 saturated carbocycles. The first-order valence-electron chi connectivity index (χ1n) is 6.96. The number of hydrogen-bond donors (Lipinski definition) is 0. The Hall–Kier alpha value is -2.01. The van der Waals surface area contributed by atoms with Gasteiger partial charge in [0.2, 0.25) is 0 Å². The highest BCUT2D eigenvalue weighted by Crippen LogP contribution is 2.33. The van der Waals surface area contributed by atoms with Crippen LogP contribution in [0.25, 0.3) is 10.8 Å². The first-order chi connectivity index (χ1) is 9.31. The molecule has 0 amide bonds. The van der Waals surface area contributed by atoms with Crippen molar-refractivity contribution in [2.24, 2.45) is 0 Å². The van der Waals surface area contributed by atoms with Crippen molar-refractivity contribution in [3.63, 3.8) is 0 Å². The van der Waals surface area contributed by atoms with Gasteiger partial charge in [-0.05, 0) is 25.0 Å². The summed E-state index contributed by atoms with van der Waals surface area (Å²) in [7, 11) is 2.18. The molecule has 0 bridgehead atoms. The summed E-state index contributed by atoms with van der Waals surface area (Å²) in [5.74, 6) is 0. The Balaban J connectivity index is 2.11. The van der Waals surface area contributed by atoms with Gasteiger partial charge in [-0.1, -0.05) is 37.1 Å². The van der Waals surface area contributed by atoms with Crippen LogP contribution in [0.2, 0.25) is 0 Å².